The number of nitrogens with one attached hydrogen (secondary N) is 1. The molecule has 1 aromatic rings. The maximum atomic E-state index is 11.7. The van der Waals surface area contributed by atoms with Crippen molar-refractivity contribution in [2.24, 2.45) is 11.7 Å². The van der Waals surface area contributed by atoms with E-state index < -0.39 is 11.9 Å². The maximum Gasteiger partial charge on any atom is 0.246 e. The number of ether oxygens (including phenoxy) is 1. The van der Waals surface area contributed by atoms with Gasteiger partial charge >= 0.3 is 0 Å². The quantitative estimate of drug-likeness (QED) is 0.730. The number of benzene rings is 1. The molecule has 5 nitrogen and oxygen atoms in total. The van der Waals surface area contributed by atoms with Crippen LogP contribution in [0.15, 0.2) is 30.3 Å². The highest BCUT2D eigenvalue weighted by molar-refractivity contribution is 5.87. The molecule has 0 heterocycles. The summed E-state index contributed by atoms with van der Waals surface area (Å²) in [6.45, 7) is 0.600. The van der Waals surface area contributed by atoms with Gasteiger partial charge in [-0.2, -0.15) is 0 Å². The van der Waals surface area contributed by atoms with E-state index in [1.165, 1.54) is 12.8 Å². The van der Waals surface area contributed by atoms with Crippen molar-refractivity contribution in [2.75, 3.05) is 13.2 Å². The molecule has 1 aromatic carbocycles. The van der Waals surface area contributed by atoms with Gasteiger partial charge in [-0.3, -0.25) is 9.59 Å². The Kier molecular flexibility index (Phi) is 5.12. The van der Waals surface area contributed by atoms with Crippen LogP contribution in [0.5, 0.6) is 0 Å². The molecule has 2 amide bonds. The molecule has 0 bridgehead atoms. The van der Waals surface area contributed by atoms with Crippen LogP contribution in [0.4, 0.5) is 0 Å². The highest BCUT2D eigenvalue weighted by Crippen LogP contribution is 2.28. The Morgan fingerprint density at radius 1 is 1.30 bits per heavy atom. The fraction of sp³-hybridized carbons (Fsp3) is 0.467. The van der Waals surface area contributed by atoms with Crippen LogP contribution in [-0.2, 0) is 20.7 Å². The zero-order chi connectivity index (χ0) is 14.4. The lowest BCUT2D eigenvalue weighted by Gasteiger charge is -2.15. The normalized spacial score (nSPS) is 15.6. The Bertz CT molecular complexity index is 457. The topological polar surface area (TPSA) is 81.4 Å². The number of hydrogen-bond donors (Lipinski definition) is 2. The summed E-state index contributed by atoms with van der Waals surface area (Å²) in [4.78, 5) is 23.1. The average Bonchev–Trinajstić information content (AvgIpc) is 3.23. The van der Waals surface area contributed by atoms with Crippen molar-refractivity contribution in [3.8, 4) is 0 Å². The summed E-state index contributed by atoms with van der Waals surface area (Å²) >= 11 is 0. The molecule has 1 saturated carbocycles. The van der Waals surface area contributed by atoms with Gasteiger partial charge in [-0.15, -0.1) is 0 Å². The van der Waals surface area contributed by atoms with Crippen LogP contribution in [0.25, 0.3) is 0 Å². The van der Waals surface area contributed by atoms with Crippen LogP contribution in [0.2, 0.25) is 0 Å². The molecule has 1 unspecified atom stereocenters. The zero-order valence-corrected chi connectivity index (χ0v) is 11.4. The van der Waals surface area contributed by atoms with Crippen LogP contribution in [-0.4, -0.2) is 31.1 Å². The van der Waals surface area contributed by atoms with E-state index >= 15 is 0 Å². The molecule has 1 fully saturated rings. The van der Waals surface area contributed by atoms with E-state index in [0.29, 0.717) is 18.9 Å². The van der Waals surface area contributed by atoms with E-state index in [9.17, 15) is 9.59 Å². The van der Waals surface area contributed by atoms with Crippen LogP contribution in [0.3, 0.4) is 0 Å². The fourth-order valence-electron chi connectivity index (χ4n) is 1.91. The van der Waals surface area contributed by atoms with Gasteiger partial charge in [0.05, 0.1) is 6.61 Å². The van der Waals surface area contributed by atoms with Crippen molar-refractivity contribution in [3.05, 3.63) is 35.9 Å². The average molecular weight is 276 g/mol. The fourth-order valence-corrected chi connectivity index (χ4v) is 1.91. The number of carbonyl (C=O) groups excluding carboxylic acids is 2. The van der Waals surface area contributed by atoms with Gasteiger partial charge in [0.15, 0.2) is 0 Å². The maximum absolute atomic E-state index is 11.7. The van der Waals surface area contributed by atoms with Crippen LogP contribution in [0.1, 0.15) is 18.4 Å². The molecule has 1 aliphatic carbocycles. The first-order valence-corrected chi connectivity index (χ1v) is 6.85. The minimum atomic E-state index is -0.700. The summed E-state index contributed by atoms with van der Waals surface area (Å²) < 4.78 is 5.29. The van der Waals surface area contributed by atoms with Crippen molar-refractivity contribution in [2.45, 2.75) is 25.3 Å². The van der Waals surface area contributed by atoms with Gasteiger partial charge in [-0.05, 0) is 24.3 Å². The predicted octanol–water partition coefficient (Wildman–Crippen LogP) is 0.626. The Balaban J connectivity index is 1.78. The van der Waals surface area contributed by atoms with Crippen molar-refractivity contribution in [1.82, 2.24) is 5.32 Å². The molecule has 0 aliphatic heterocycles. The molecule has 0 aromatic heterocycles. The third kappa shape index (κ3) is 5.01. The number of rotatable bonds is 8. The number of nitrogens with two attached hydrogens (primary N) is 1. The smallest absolute Gasteiger partial charge is 0.246 e. The van der Waals surface area contributed by atoms with Crippen molar-refractivity contribution < 1.29 is 14.3 Å². The standard InChI is InChI=1S/C15H20N2O3/c16-15(19)13(8-11-4-2-1-3-5-11)17-14(18)10-20-9-12-6-7-12/h1-5,12-13H,6-10H2,(H2,16,19)(H,17,18). The van der Waals surface area contributed by atoms with Gasteiger partial charge in [0, 0.05) is 6.42 Å². The summed E-state index contributed by atoms with van der Waals surface area (Å²) in [6.07, 6.45) is 2.75. The van der Waals surface area contributed by atoms with Crippen molar-refractivity contribution in [3.63, 3.8) is 0 Å². The van der Waals surface area contributed by atoms with Crippen molar-refractivity contribution >= 4 is 11.8 Å². The predicted molar refractivity (Wildman–Crippen MR) is 74.8 cm³/mol. The Hall–Kier alpha value is -1.88. The lowest BCUT2D eigenvalue weighted by atomic mass is 10.1. The minimum Gasteiger partial charge on any atom is -0.371 e. The van der Waals surface area contributed by atoms with Gasteiger partial charge in [0.1, 0.15) is 12.6 Å². The van der Waals surface area contributed by atoms with E-state index in [0.717, 1.165) is 5.56 Å². The summed E-state index contributed by atoms with van der Waals surface area (Å²) in [5, 5.41) is 2.62. The van der Waals surface area contributed by atoms with Gasteiger partial charge in [-0.1, -0.05) is 30.3 Å². The SMILES string of the molecule is NC(=O)C(Cc1ccccc1)NC(=O)COCC1CC1. The Morgan fingerprint density at radius 3 is 2.60 bits per heavy atom. The molecule has 3 N–H and O–H groups in total. The lowest BCUT2D eigenvalue weighted by Crippen LogP contribution is -2.47. The van der Waals surface area contributed by atoms with Gasteiger partial charge in [-0.25, -0.2) is 0 Å². The summed E-state index contributed by atoms with van der Waals surface area (Å²) in [5.74, 6) is -0.228. The largest absolute Gasteiger partial charge is 0.371 e. The Morgan fingerprint density at radius 2 is 2.00 bits per heavy atom. The van der Waals surface area contributed by atoms with Crippen LogP contribution in [0, 0.1) is 5.92 Å². The summed E-state index contributed by atoms with van der Waals surface area (Å²) in [7, 11) is 0. The van der Waals surface area contributed by atoms with Crippen LogP contribution < -0.4 is 11.1 Å². The minimum absolute atomic E-state index is 0.0188. The number of primary amides is 1. The molecule has 1 atom stereocenters. The zero-order valence-electron chi connectivity index (χ0n) is 11.4. The van der Waals surface area contributed by atoms with E-state index in [2.05, 4.69) is 5.32 Å². The molecule has 1 aliphatic rings. The highest BCUT2D eigenvalue weighted by Gasteiger charge is 2.22. The molecular weight excluding hydrogens is 256 g/mol. The Labute approximate surface area is 118 Å². The van der Waals surface area contributed by atoms with E-state index in [-0.39, 0.29) is 12.5 Å². The van der Waals surface area contributed by atoms with Gasteiger partial charge < -0.3 is 15.8 Å². The first kappa shape index (κ1) is 14.5. The van der Waals surface area contributed by atoms with Gasteiger partial charge in [0.25, 0.3) is 0 Å². The van der Waals surface area contributed by atoms with Crippen LogP contribution >= 0.6 is 0 Å². The third-order valence-electron chi connectivity index (χ3n) is 3.24. The van der Waals surface area contributed by atoms with E-state index in [1.54, 1.807) is 0 Å². The first-order valence-electron chi connectivity index (χ1n) is 6.85. The number of hydrogen-bond acceptors (Lipinski definition) is 3. The molecule has 2 rings (SSSR count). The second-order valence-electron chi connectivity index (χ2n) is 5.17. The number of carbonyl (C=O) groups is 2. The molecule has 108 valence electrons. The summed E-state index contributed by atoms with van der Waals surface area (Å²) in [5.41, 5.74) is 6.28. The highest BCUT2D eigenvalue weighted by atomic mass is 16.5. The molecule has 0 radical (unpaired) electrons. The molecular formula is C15H20N2O3. The summed E-state index contributed by atoms with van der Waals surface area (Å²) in [6, 6.07) is 8.75. The molecule has 0 spiro atoms. The second-order valence-corrected chi connectivity index (χ2v) is 5.17. The van der Waals surface area contributed by atoms with E-state index in [4.69, 9.17) is 10.5 Å². The molecule has 20 heavy (non-hydrogen) atoms. The van der Waals surface area contributed by atoms with Gasteiger partial charge in [0.2, 0.25) is 11.8 Å². The molecule has 5 heteroatoms. The lowest BCUT2D eigenvalue weighted by molar-refractivity contribution is -0.130. The van der Waals surface area contributed by atoms with Crippen molar-refractivity contribution in [1.29, 1.82) is 0 Å². The first-order chi connectivity index (χ1) is 9.65. The third-order valence-corrected chi connectivity index (χ3v) is 3.24. The molecule has 0 saturated heterocycles. The van der Waals surface area contributed by atoms with E-state index in [1.807, 2.05) is 30.3 Å². The monoisotopic (exact) mass is 276 g/mol. The number of amides is 2. The second kappa shape index (κ2) is 7.05.